The fourth-order valence-electron chi connectivity index (χ4n) is 2.70. The Bertz CT molecular complexity index is 1470. The number of rotatable bonds is 4. The molecule has 0 aliphatic rings. The van der Waals surface area contributed by atoms with E-state index in [1.165, 1.54) is 11.4 Å². The fourth-order valence-corrected chi connectivity index (χ4v) is 4.48. The van der Waals surface area contributed by atoms with Gasteiger partial charge in [0.2, 0.25) is 0 Å². The Morgan fingerprint density at radius 3 is 2.77 bits per heavy atom. The molecule has 31 heavy (non-hydrogen) atoms. The minimum absolute atomic E-state index is 0.0240. The van der Waals surface area contributed by atoms with Crippen LogP contribution in [0.5, 0.6) is 0 Å². The van der Waals surface area contributed by atoms with Crippen LogP contribution in [0.4, 0.5) is 13.2 Å². The van der Waals surface area contributed by atoms with Gasteiger partial charge in [-0.2, -0.15) is 18.3 Å². The standard InChI is InChI=1S/C17H10F3N5O4S2/c18-17(19,20)9-2-1-3-10(4-9)25-6-11(5-23-25)31(28,29)24-14(26)12-7-30-16-13(12)15(27)21-8-22-16/h1-8H,(H,24,26)(H,21,22,27). The average Bonchev–Trinajstić information content (AvgIpc) is 3.36. The Hall–Kier alpha value is -3.52. The van der Waals surface area contributed by atoms with Crippen molar-refractivity contribution < 1.29 is 26.4 Å². The van der Waals surface area contributed by atoms with Crippen molar-refractivity contribution in [3.8, 4) is 5.69 Å². The molecule has 0 saturated carbocycles. The zero-order chi connectivity index (χ0) is 22.4. The van der Waals surface area contributed by atoms with Gasteiger partial charge in [0.1, 0.15) is 9.73 Å². The number of benzene rings is 1. The van der Waals surface area contributed by atoms with Gasteiger partial charge in [-0.3, -0.25) is 9.59 Å². The molecule has 3 heterocycles. The molecule has 0 fully saturated rings. The molecule has 0 aliphatic carbocycles. The van der Waals surface area contributed by atoms with Crippen LogP contribution in [0.25, 0.3) is 15.9 Å². The van der Waals surface area contributed by atoms with Gasteiger partial charge in [0.15, 0.2) is 0 Å². The largest absolute Gasteiger partial charge is 0.416 e. The molecule has 14 heteroatoms. The second kappa shape index (κ2) is 7.31. The molecular weight excluding hydrogens is 459 g/mol. The smallest absolute Gasteiger partial charge is 0.313 e. The van der Waals surface area contributed by atoms with Crippen molar-refractivity contribution in [1.29, 1.82) is 0 Å². The molecule has 0 unspecified atom stereocenters. The van der Waals surface area contributed by atoms with Crippen LogP contribution in [0.2, 0.25) is 0 Å². The lowest BCUT2D eigenvalue weighted by Crippen LogP contribution is -2.30. The number of aromatic amines is 1. The molecule has 3 aromatic heterocycles. The van der Waals surface area contributed by atoms with E-state index in [9.17, 15) is 31.2 Å². The Kier molecular flexibility index (Phi) is 4.89. The van der Waals surface area contributed by atoms with Gasteiger partial charge in [-0.1, -0.05) is 6.07 Å². The lowest BCUT2D eigenvalue weighted by atomic mass is 10.2. The highest BCUT2D eigenvalue weighted by Crippen LogP contribution is 2.30. The van der Waals surface area contributed by atoms with Crippen molar-refractivity contribution in [1.82, 2.24) is 24.5 Å². The maximum atomic E-state index is 12.9. The van der Waals surface area contributed by atoms with E-state index in [0.29, 0.717) is 0 Å². The summed E-state index contributed by atoms with van der Waals surface area (Å²) in [6.45, 7) is 0. The second-order valence-electron chi connectivity index (χ2n) is 6.16. The molecule has 1 aromatic carbocycles. The first-order chi connectivity index (χ1) is 14.6. The van der Waals surface area contributed by atoms with E-state index < -0.39 is 38.1 Å². The highest BCUT2D eigenvalue weighted by molar-refractivity contribution is 7.90. The van der Waals surface area contributed by atoms with Crippen molar-refractivity contribution in [3.63, 3.8) is 0 Å². The molecule has 9 nitrogen and oxygen atoms in total. The number of fused-ring (bicyclic) bond motifs is 1. The Labute approximate surface area is 175 Å². The molecule has 0 radical (unpaired) electrons. The third-order valence-electron chi connectivity index (χ3n) is 4.16. The summed E-state index contributed by atoms with van der Waals surface area (Å²) in [5, 5.41) is 5.01. The van der Waals surface area contributed by atoms with Crippen molar-refractivity contribution in [3.05, 3.63) is 69.8 Å². The number of thiophene rings is 1. The first-order valence-electron chi connectivity index (χ1n) is 8.30. The lowest BCUT2D eigenvalue weighted by molar-refractivity contribution is -0.137. The number of aromatic nitrogens is 4. The van der Waals surface area contributed by atoms with Gasteiger partial charge in [0, 0.05) is 5.38 Å². The van der Waals surface area contributed by atoms with Crippen molar-refractivity contribution >= 4 is 37.5 Å². The number of amides is 1. The lowest BCUT2D eigenvalue weighted by Gasteiger charge is -2.08. The Morgan fingerprint density at radius 1 is 1.26 bits per heavy atom. The van der Waals surface area contributed by atoms with Gasteiger partial charge in [0.05, 0.1) is 40.9 Å². The minimum Gasteiger partial charge on any atom is -0.313 e. The van der Waals surface area contributed by atoms with Crippen LogP contribution < -0.4 is 10.3 Å². The van der Waals surface area contributed by atoms with Crippen molar-refractivity contribution in [2.24, 2.45) is 0 Å². The summed E-state index contributed by atoms with van der Waals surface area (Å²) in [6.07, 6.45) is -1.58. The molecular formula is C17H10F3N5O4S2. The molecule has 0 saturated heterocycles. The topological polar surface area (TPSA) is 127 Å². The highest BCUT2D eigenvalue weighted by Gasteiger charge is 2.31. The second-order valence-corrected chi connectivity index (χ2v) is 8.71. The van der Waals surface area contributed by atoms with Crippen LogP contribution in [0.15, 0.2) is 58.1 Å². The quantitative estimate of drug-likeness (QED) is 0.472. The van der Waals surface area contributed by atoms with Crippen molar-refractivity contribution in [2.45, 2.75) is 11.1 Å². The number of nitrogens with zero attached hydrogens (tertiary/aromatic N) is 3. The summed E-state index contributed by atoms with van der Waals surface area (Å²) in [6, 6.07) is 4.14. The van der Waals surface area contributed by atoms with Crippen LogP contribution in [0.1, 0.15) is 15.9 Å². The van der Waals surface area contributed by atoms with Crippen LogP contribution >= 0.6 is 11.3 Å². The molecule has 4 aromatic rings. The van der Waals surface area contributed by atoms with Crippen molar-refractivity contribution in [2.75, 3.05) is 0 Å². The summed E-state index contributed by atoms with van der Waals surface area (Å²) in [5.41, 5.74) is -1.74. The van der Waals surface area contributed by atoms with Crippen LogP contribution in [0.3, 0.4) is 0 Å². The summed E-state index contributed by atoms with van der Waals surface area (Å²) >= 11 is 0.988. The predicted octanol–water partition coefficient (Wildman–Crippen LogP) is 2.31. The van der Waals surface area contributed by atoms with Crippen LogP contribution in [-0.4, -0.2) is 34.1 Å². The zero-order valence-corrected chi connectivity index (χ0v) is 16.7. The Balaban J connectivity index is 1.63. The summed E-state index contributed by atoms with van der Waals surface area (Å²) in [5.74, 6) is -1.06. The molecule has 0 spiro atoms. The van der Waals surface area contributed by atoms with Gasteiger partial charge >= 0.3 is 6.18 Å². The summed E-state index contributed by atoms with van der Waals surface area (Å²) in [4.78, 5) is 30.4. The van der Waals surface area contributed by atoms with Crippen LogP contribution in [0, 0.1) is 0 Å². The fraction of sp³-hybridized carbons (Fsp3) is 0.0588. The number of sulfonamides is 1. The third-order valence-corrected chi connectivity index (χ3v) is 6.33. The number of hydrogen-bond acceptors (Lipinski definition) is 7. The first kappa shape index (κ1) is 20.7. The Morgan fingerprint density at radius 2 is 2.03 bits per heavy atom. The van der Waals surface area contributed by atoms with E-state index >= 15 is 0 Å². The third kappa shape index (κ3) is 3.94. The van der Waals surface area contributed by atoms with E-state index in [-0.39, 0.29) is 21.5 Å². The monoisotopic (exact) mass is 469 g/mol. The summed E-state index contributed by atoms with van der Waals surface area (Å²) < 4.78 is 66.6. The van der Waals surface area contributed by atoms with Gasteiger partial charge in [0.25, 0.3) is 21.5 Å². The number of alkyl halides is 3. The molecule has 4 rings (SSSR count). The van der Waals surface area contributed by atoms with Gasteiger partial charge < -0.3 is 4.98 Å². The van der Waals surface area contributed by atoms with Gasteiger partial charge in [-0.05, 0) is 18.2 Å². The van der Waals surface area contributed by atoms with E-state index in [2.05, 4.69) is 15.1 Å². The van der Waals surface area contributed by atoms with E-state index in [1.807, 2.05) is 4.72 Å². The number of nitrogens with one attached hydrogen (secondary N) is 2. The van der Waals surface area contributed by atoms with Gasteiger partial charge in [-0.15, -0.1) is 11.3 Å². The number of H-pyrrole nitrogens is 1. The predicted molar refractivity (Wildman–Crippen MR) is 103 cm³/mol. The van der Waals surface area contributed by atoms with E-state index in [4.69, 9.17) is 0 Å². The van der Waals surface area contributed by atoms with Crippen LogP contribution in [-0.2, 0) is 16.2 Å². The maximum absolute atomic E-state index is 12.9. The average molecular weight is 469 g/mol. The summed E-state index contributed by atoms with van der Waals surface area (Å²) in [7, 11) is -4.43. The number of hydrogen-bond donors (Lipinski definition) is 2. The number of carbonyl (C=O) groups excluding carboxylic acids is 1. The normalized spacial score (nSPS) is 12.2. The highest BCUT2D eigenvalue weighted by atomic mass is 32.2. The number of carbonyl (C=O) groups is 1. The molecule has 0 atom stereocenters. The first-order valence-corrected chi connectivity index (χ1v) is 10.7. The minimum atomic E-state index is -4.58. The van der Waals surface area contributed by atoms with E-state index in [0.717, 1.165) is 52.9 Å². The molecule has 160 valence electrons. The SMILES string of the molecule is O=C(NS(=O)(=O)c1cnn(-c2cccc(C(F)(F)F)c2)c1)c1csc2nc[nH]c(=O)c12. The molecule has 2 N–H and O–H groups in total. The number of halogens is 3. The molecule has 0 bridgehead atoms. The zero-order valence-electron chi connectivity index (χ0n) is 15.0. The van der Waals surface area contributed by atoms with Gasteiger partial charge in [-0.25, -0.2) is 22.8 Å². The molecule has 1 amide bonds. The van der Waals surface area contributed by atoms with E-state index in [1.54, 1.807) is 0 Å². The maximum Gasteiger partial charge on any atom is 0.416 e. The molecule has 0 aliphatic heterocycles.